The SMILES string of the molecule is N#Cc1ccccc1NCc1cccc(C(=O)O)c1. The van der Waals surface area contributed by atoms with E-state index in [-0.39, 0.29) is 5.56 Å². The smallest absolute Gasteiger partial charge is 0.335 e. The minimum Gasteiger partial charge on any atom is -0.478 e. The molecule has 19 heavy (non-hydrogen) atoms. The first-order valence-corrected chi connectivity index (χ1v) is 5.76. The highest BCUT2D eigenvalue weighted by atomic mass is 16.4. The lowest BCUT2D eigenvalue weighted by Crippen LogP contribution is -2.03. The fraction of sp³-hybridized carbons (Fsp3) is 0.0667. The van der Waals surface area contributed by atoms with Crippen LogP contribution in [0.15, 0.2) is 48.5 Å². The number of hydrogen-bond donors (Lipinski definition) is 2. The zero-order valence-corrected chi connectivity index (χ0v) is 10.1. The molecule has 2 aromatic rings. The van der Waals surface area contributed by atoms with Crippen molar-refractivity contribution < 1.29 is 9.90 Å². The van der Waals surface area contributed by atoms with Crippen molar-refractivity contribution in [3.63, 3.8) is 0 Å². The van der Waals surface area contributed by atoms with Crippen molar-refractivity contribution in [2.75, 3.05) is 5.32 Å². The molecule has 0 unspecified atom stereocenters. The average Bonchev–Trinajstić information content (AvgIpc) is 2.45. The van der Waals surface area contributed by atoms with E-state index >= 15 is 0 Å². The van der Waals surface area contributed by atoms with Crippen molar-refractivity contribution >= 4 is 11.7 Å². The van der Waals surface area contributed by atoms with Gasteiger partial charge in [0.05, 0.1) is 16.8 Å². The van der Waals surface area contributed by atoms with Crippen LogP contribution in [0, 0.1) is 11.3 Å². The van der Waals surface area contributed by atoms with Gasteiger partial charge in [0.15, 0.2) is 0 Å². The quantitative estimate of drug-likeness (QED) is 0.877. The first-order chi connectivity index (χ1) is 9.20. The fourth-order valence-electron chi connectivity index (χ4n) is 1.75. The van der Waals surface area contributed by atoms with Crippen LogP contribution in [-0.4, -0.2) is 11.1 Å². The van der Waals surface area contributed by atoms with Crippen molar-refractivity contribution in [2.45, 2.75) is 6.54 Å². The number of carboxylic acids is 1. The van der Waals surface area contributed by atoms with E-state index in [2.05, 4.69) is 11.4 Å². The van der Waals surface area contributed by atoms with Gasteiger partial charge in [0.2, 0.25) is 0 Å². The van der Waals surface area contributed by atoms with Crippen molar-refractivity contribution in [1.29, 1.82) is 5.26 Å². The zero-order chi connectivity index (χ0) is 13.7. The summed E-state index contributed by atoms with van der Waals surface area (Å²) < 4.78 is 0. The number of anilines is 1. The van der Waals surface area contributed by atoms with Gasteiger partial charge in [0.25, 0.3) is 0 Å². The predicted molar refractivity (Wildman–Crippen MR) is 71.9 cm³/mol. The molecule has 0 atom stereocenters. The van der Waals surface area contributed by atoms with Crippen LogP contribution in [0.25, 0.3) is 0 Å². The molecule has 94 valence electrons. The maximum absolute atomic E-state index is 10.9. The molecule has 0 bridgehead atoms. The van der Waals surface area contributed by atoms with Gasteiger partial charge in [0, 0.05) is 6.54 Å². The molecule has 0 radical (unpaired) electrons. The maximum Gasteiger partial charge on any atom is 0.335 e. The number of hydrogen-bond acceptors (Lipinski definition) is 3. The van der Waals surface area contributed by atoms with Gasteiger partial charge in [-0.25, -0.2) is 4.79 Å². The Morgan fingerprint density at radius 2 is 2.00 bits per heavy atom. The van der Waals surface area contributed by atoms with Gasteiger partial charge in [-0.2, -0.15) is 5.26 Å². The molecule has 4 heteroatoms. The monoisotopic (exact) mass is 252 g/mol. The summed E-state index contributed by atoms with van der Waals surface area (Å²) in [6.07, 6.45) is 0. The Bertz CT molecular complexity index is 645. The van der Waals surface area contributed by atoms with Crippen molar-refractivity contribution in [3.8, 4) is 6.07 Å². The first kappa shape index (κ1) is 12.7. The Labute approximate surface area is 110 Å². The highest BCUT2D eigenvalue weighted by Gasteiger charge is 2.04. The molecular weight excluding hydrogens is 240 g/mol. The summed E-state index contributed by atoms with van der Waals surface area (Å²) in [5.74, 6) is -0.945. The molecule has 4 nitrogen and oxygen atoms in total. The van der Waals surface area contributed by atoms with E-state index in [1.807, 2.05) is 18.2 Å². The van der Waals surface area contributed by atoms with Crippen LogP contribution in [-0.2, 0) is 6.54 Å². The standard InChI is InChI=1S/C15H12N2O2/c16-9-13-5-1-2-7-14(13)17-10-11-4-3-6-12(8-11)15(18)19/h1-8,17H,10H2,(H,18,19). The predicted octanol–water partition coefficient (Wildman–Crippen LogP) is 2.87. The number of nitrogens with zero attached hydrogens (tertiary/aromatic N) is 1. The Hall–Kier alpha value is -2.80. The average molecular weight is 252 g/mol. The fourth-order valence-corrected chi connectivity index (χ4v) is 1.75. The number of carboxylic acid groups (broad SMARTS) is 1. The summed E-state index contributed by atoms with van der Waals surface area (Å²) in [4.78, 5) is 10.9. The van der Waals surface area contributed by atoms with Crippen LogP contribution in [0.5, 0.6) is 0 Å². The van der Waals surface area contributed by atoms with E-state index < -0.39 is 5.97 Å². The molecule has 0 aromatic heterocycles. The van der Waals surface area contributed by atoms with E-state index in [0.29, 0.717) is 12.1 Å². The van der Waals surface area contributed by atoms with Gasteiger partial charge < -0.3 is 10.4 Å². The Morgan fingerprint density at radius 3 is 2.74 bits per heavy atom. The molecule has 0 spiro atoms. The van der Waals surface area contributed by atoms with Crippen LogP contribution in [0.4, 0.5) is 5.69 Å². The molecule has 2 N–H and O–H groups in total. The Kier molecular flexibility index (Phi) is 3.79. The van der Waals surface area contributed by atoms with Crippen LogP contribution < -0.4 is 5.32 Å². The lowest BCUT2D eigenvalue weighted by molar-refractivity contribution is 0.0697. The minimum absolute atomic E-state index is 0.257. The maximum atomic E-state index is 10.9. The molecule has 0 aliphatic heterocycles. The molecule has 0 saturated carbocycles. The number of aromatic carboxylic acids is 1. The molecule has 2 aromatic carbocycles. The lowest BCUT2D eigenvalue weighted by atomic mass is 10.1. The second kappa shape index (κ2) is 5.69. The van der Waals surface area contributed by atoms with Crippen molar-refractivity contribution in [2.24, 2.45) is 0 Å². The third-order valence-corrected chi connectivity index (χ3v) is 2.70. The lowest BCUT2D eigenvalue weighted by Gasteiger charge is -2.08. The van der Waals surface area contributed by atoms with Gasteiger partial charge in [-0.15, -0.1) is 0 Å². The number of para-hydroxylation sites is 1. The van der Waals surface area contributed by atoms with E-state index in [0.717, 1.165) is 11.3 Å². The Balaban J connectivity index is 2.13. The summed E-state index contributed by atoms with van der Waals surface area (Å²) in [6.45, 7) is 0.472. The second-order valence-electron chi connectivity index (χ2n) is 4.02. The summed E-state index contributed by atoms with van der Waals surface area (Å²) in [5.41, 5.74) is 2.42. The number of benzene rings is 2. The first-order valence-electron chi connectivity index (χ1n) is 5.76. The third-order valence-electron chi connectivity index (χ3n) is 2.70. The number of nitrogens with one attached hydrogen (secondary N) is 1. The normalized spacial score (nSPS) is 9.63. The molecule has 0 saturated heterocycles. The van der Waals surface area contributed by atoms with Crippen LogP contribution in [0.1, 0.15) is 21.5 Å². The zero-order valence-electron chi connectivity index (χ0n) is 10.1. The van der Waals surface area contributed by atoms with Crippen LogP contribution in [0.2, 0.25) is 0 Å². The summed E-state index contributed by atoms with van der Waals surface area (Å²) in [7, 11) is 0. The van der Waals surface area contributed by atoms with Crippen molar-refractivity contribution in [1.82, 2.24) is 0 Å². The molecule has 2 rings (SSSR count). The molecule has 0 aliphatic carbocycles. The van der Waals surface area contributed by atoms with E-state index in [1.165, 1.54) is 0 Å². The van der Waals surface area contributed by atoms with E-state index in [4.69, 9.17) is 10.4 Å². The van der Waals surface area contributed by atoms with Crippen molar-refractivity contribution in [3.05, 3.63) is 65.2 Å². The molecular formula is C15H12N2O2. The molecule has 0 amide bonds. The number of rotatable bonds is 4. The highest BCUT2D eigenvalue weighted by molar-refractivity contribution is 5.87. The van der Waals surface area contributed by atoms with E-state index in [9.17, 15) is 4.79 Å². The number of nitriles is 1. The summed E-state index contributed by atoms with van der Waals surface area (Å²) in [5, 5.41) is 21.0. The number of carbonyl (C=O) groups is 1. The van der Waals surface area contributed by atoms with Gasteiger partial charge >= 0.3 is 5.97 Å². The molecule has 0 heterocycles. The third kappa shape index (κ3) is 3.11. The van der Waals surface area contributed by atoms with E-state index in [1.54, 1.807) is 30.3 Å². The summed E-state index contributed by atoms with van der Waals surface area (Å²) >= 11 is 0. The molecule has 0 aliphatic rings. The Morgan fingerprint density at radius 1 is 1.21 bits per heavy atom. The van der Waals surface area contributed by atoms with Crippen LogP contribution >= 0.6 is 0 Å². The van der Waals surface area contributed by atoms with Crippen LogP contribution in [0.3, 0.4) is 0 Å². The second-order valence-corrected chi connectivity index (χ2v) is 4.02. The molecule has 0 fully saturated rings. The van der Waals surface area contributed by atoms with Gasteiger partial charge in [-0.1, -0.05) is 24.3 Å². The van der Waals surface area contributed by atoms with Gasteiger partial charge in [-0.05, 0) is 29.8 Å². The largest absolute Gasteiger partial charge is 0.478 e. The van der Waals surface area contributed by atoms with Gasteiger partial charge in [-0.3, -0.25) is 0 Å². The van der Waals surface area contributed by atoms with Gasteiger partial charge in [0.1, 0.15) is 6.07 Å². The highest BCUT2D eigenvalue weighted by Crippen LogP contribution is 2.15. The minimum atomic E-state index is -0.945. The summed E-state index contributed by atoms with van der Waals surface area (Å²) in [6, 6.07) is 16.0. The topological polar surface area (TPSA) is 73.1 Å².